The number of ether oxygens (including phenoxy) is 3. The van der Waals surface area contributed by atoms with Crippen LogP contribution in [0.2, 0.25) is 0 Å². The molecule has 0 aromatic carbocycles. The van der Waals surface area contributed by atoms with Crippen LogP contribution in [0.5, 0.6) is 0 Å². The van der Waals surface area contributed by atoms with Gasteiger partial charge in [-0.15, -0.1) is 0 Å². The predicted octanol–water partition coefficient (Wildman–Crippen LogP) is -0.881. The van der Waals surface area contributed by atoms with Gasteiger partial charge in [0.15, 0.2) is 6.29 Å². The van der Waals surface area contributed by atoms with Gasteiger partial charge in [0.1, 0.15) is 12.2 Å². The minimum Gasteiger partial charge on any atom is -0.393 e. The smallest absolute Gasteiger partial charge is 0.186 e. The molecule has 2 rings (SSSR count). The molecule has 2 aliphatic heterocycles. The van der Waals surface area contributed by atoms with Crippen molar-refractivity contribution in [2.24, 2.45) is 0 Å². The molecule has 0 radical (unpaired) electrons. The van der Waals surface area contributed by atoms with E-state index in [9.17, 15) is 0 Å². The lowest BCUT2D eigenvalue weighted by atomic mass is 10.5. The summed E-state index contributed by atoms with van der Waals surface area (Å²) in [5, 5.41) is 8.52. The fourth-order valence-corrected chi connectivity index (χ4v) is 0.769. The van der Waals surface area contributed by atoms with E-state index >= 15 is 0 Å². The molecule has 0 spiro atoms. The van der Waals surface area contributed by atoms with Crippen LogP contribution in [0.1, 0.15) is 0 Å². The third-order valence-electron chi connectivity index (χ3n) is 1.56. The van der Waals surface area contributed by atoms with Gasteiger partial charge in [0, 0.05) is 0 Å². The molecule has 4 nitrogen and oxygen atoms in total. The summed E-state index contributed by atoms with van der Waals surface area (Å²) >= 11 is 0. The average molecular weight is 146 g/mol. The first kappa shape index (κ1) is 6.54. The molecule has 1 N–H and O–H groups in total. The van der Waals surface area contributed by atoms with Gasteiger partial charge >= 0.3 is 0 Å². The molecule has 0 bridgehead atoms. The molecule has 0 amide bonds. The number of aliphatic hydroxyl groups is 1. The zero-order valence-corrected chi connectivity index (χ0v) is 5.53. The van der Waals surface area contributed by atoms with Crippen molar-refractivity contribution in [3.63, 3.8) is 0 Å². The Morgan fingerprint density at radius 1 is 1.60 bits per heavy atom. The van der Waals surface area contributed by atoms with Gasteiger partial charge in [-0.05, 0) is 0 Å². The van der Waals surface area contributed by atoms with Gasteiger partial charge in [-0.1, -0.05) is 0 Å². The largest absolute Gasteiger partial charge is 0.393 e. The maximum atomic E-state index is 8.52. The maximum absolute atomic E-state index is 8.52. The van der Waals surface area contributed by atoms with E-state index in [2.05, 4.69) is 0 Å². The quantitative estimate of drug-likeness (QED) is 0.523. The molecule has 2 fully saturated rings. The Balaban J connectivity index is 1.55. The third kappa shape index (κ3) is 1.46. The Labute approximate surface area is 58.7 Å². The van der Waals surface area contributed by atoms with E-state index in [1.54, 1.807) is 0 Å². The van der Waals surface area contributed by atoms with E-state index in [0.29, 0.717) is 6.61 Å². The summed E-state index contributed by atoms with van der Waals surface area (Å²) in [7, 11) is 0. The van der Waals surface area contributed by atoms with Gasteiger partial charge in [-0.2, -0.15) is 0 Å². The average Bonchev–Trinajstić information content (AvgIpc) is 2.82. The summed E-state index contributed by atoms with van der Waals surface area (Å²) in [4.78, 5) is 0. The van der Waals surface area contributed by atoms with Crippen molar-refractivity contribution in [1.82, 2.24) is 0 Å². The molecule has 2 heterocycles. The normalized spacial score (nSPS) is 43.5. The highest BCUT2D eigenvalue weighted by Gasteiger charge is 2.40. The molecule has 3 atom stereocenters. The Morgan fingerprint density at radius 3 is 2.90 bits per heavy atom. The highest BCUT2D eigenvalue weighted by atomic mass is 16.8. The molecule has 0 saturated carbocycles. The van der Waals surface area contributed by atoms with E-state index in [1.807, 2.05) is 0 Å². The lowest BCUT2D eigenvalue weighted by molar-refractivity contribution is 0.0405. The van der Waals surface area contributed by atoms with Gasteiger partial charge in [0.25, 0.3) is 0 Å². The number of rotatable bonds is 4. The SMILES string of the molecule is OC[C@H]1OC1OC[C@H]1CO1. The van der Waals surface area contributed by atoms with Crippen molar-refractivity contribution in [3.8, 4) is 0 Å². The first-order valence-electron chi connectivity index (χ1n) is 3.39. The number of epoxide rings is 2. The highest BCUT2D eigenvalue weighted by molar-refractivity contribution is 4.77. The first-order valence-corrected chi connectivity index (χ1v) is 3.39. The van der Waals surface area contributed by atoms with Gasteiger partial charge < -0.3 is 19.3 Å². The minimum absolute atomic E-state index is 0.0518. The molecule has 0 aromatic rings. The van der Waals surface area contributed by atoms with E-state index in [1.165, 1.54) is 0 Å². The maximum Gasteiger partial charge on any atom is 0.186 e. The molecule has 0 aliphatic carbocycles. The monoisotopic (exact) mass is 146 g/mol. The van der Waals surface area contributed by atoms with Crippen LogP contribution in [0.3, 0.4) is 0 Å². The van der Waals surface area contributed by atoms with Crippen LogP contribution in [0.4, 0.5) is 0 Å². The summed E-state index contributed by atoms with van der Waals surface area (Å²) in [6.07, 6.45) is 0.0245. The first-order chi connectivity index (χ1) is 4.90. The van der Waals surface area contributed by atoms with Crippen molar-refractivity contribution in [2.75, 3.05) is 19.8 Å². The zero-order chi connectivity index (χ0) is 6.97. The van der Waals surface area contributed by atoms with Crippen molar-refractivity contribution < 1.29 is 19.3 Å². The van der Waals surface area contributed by atoms with Crippen LogP contribution >= 0.6 is 0 Å². The fourth-order valence-electron chi connectivity index (χ4n) is 0.769. The minimum atomic E-state index is -0.172. The van der Waals surface area contributed by atoms with E-state index < -0.39 is 0 Å². The lowest BCUT2D eigenvalue weighted by Gasteiger charge is -1.93. The van der Waals surface area contributed by atoms with Crippen molar-refractivity contribution in [2.45, 2.75) is 18.5 Å². The third-order valence-corrected chi connectivity index (χ3v) is 1.56. The summed E-state index contributed by atoms with van der Waals surface area (Å²) in [5.41, 5.74) is 0. The molecule has 10 heavy (non-hydrogen) atoms. The van der Waals surface area contributed by atoms with E-state index in [-0.39, 0.29) is 25.1 Å². The zero-order valence-electron chi connectivity index (χ0n) is 5.53. The molecule has 1 unspecified atom stereocenters. The Morgan fingerprint density at radius 2 is 2.40 bits per heavy atom. The van der Waals surface area contributed by atoms with Gasteiger partial charge in [-0.25, -0.2) is 0 Å². The number of hydrogen-bond acceptors (Lipinski definition) is 4. The topological polar surface area (TPSA) is 54.5 Å². The van der Waals surface area contributed by atoms with Gasteiger partial charge in [-0.3, -0.25) is 0 Å². The molecule has 2 saturated heterocycles. The number of aliphatic hydroxyl groups excluding tert-OH is 1. The predicted molar refractivity (Wildman–Crippen MR) is 31.4 cm³/mol. The van der Waals surface area contributed by atoms with Crippen molar-refractivity contribution in [1.29, 1.82) is 0 Å². The molecule has 4 heteroatoms. The second kappa shape index (κ2) is 2.47. The van der Waals surface area contributed by atoms with Crippen molar-refractivity contribution >= 4 is 0 Å². The molecule has 2 aliphatic rings. The Kier molecular flexibility index (Phi) is 1.61. The van der Waals surface area contributed by atoms with Crippen molar-refractivity contribution in [3.05, 3.63) is 0 Å². The van der Waals surface area contributed by atoms with E-state index in [0.717, 1.165) is 6.61 Å². The molecular weight excluding hydrogens is 136 g/mol. The van der Waals surface area contributed by atoms with Gasteiger partial charge in [0.05, 0.1) is 19.8 Å². The van der Waals surface area contributed by atoms with Crippen LogP contribution < -0.4 is 0 Å². The fraction of sp³-hybridized carbons (Fsp3) is 1.00. The Hall–Kier alpha value is -0.160. The van der Waals surface area contributed by atoms with Crippen LogP contribution in [0.15, 0.2) is 0 Å². The molecule has 0 aromatic heterocycles. The summed E-state index contributed by atoms with van der Waals surface area (Å²) in [6, 6.07) is 0. The highest BCUT2D eigenvalue weighted by Crippen LogP contribution is 2.23. The van der Waals surface area contributed by atoms with Crippen LogP contribution in [-0.4, -0.2) is 43.4 Å². The lowest BCUT2D eigenvalue weighted by Crippen LogP contribution is -2.08. The summed E-state index contributed by atoms with van der Waals surface area (Å²) < 4.78 is 15.0. The number of hydrogen-bond donors (Lipinski definition) is 1. The van der Waals surface area contributed by atoms with Crippen LogP contribution in [-0.2, 0) is 14.2 Å². The van der Waals surface area contributed by atoms with E-state index in [4.69, 9.17) is 19.3 Å². The summed E-state index contributed by atoms with van der Waals surface area (Å²) in [6.45, 7) is 1.45. The summed E-state index contributed by atoms with van der Waals surface area (Å²) in [5.74, 6) is 0. The van der Waals surface area contributed by atoms with Crippen LogP contribution in [0.25, 0.3) is 0 Å². The second-order valence-corrected chi connectivity index (χ2v) is 2.51. The van der Waals surface area contributed by atoms with Gasteiger partial charge in [0.2, 0.25) is 0 Å². The molecular formula is C6H10O4. The van der Waals surface area contributed by atoms with Crippen LogP contribution in [0, 0.1) is 0 Å². The second-order valence-electron chi connectivity index (χ2n) is 2.51. The standard InChI is InChI=1S/C6H10O4/c7-1-5-6(10-5)9-3-4-2-8-4/h4-7H,1-3H2/t4-,5-,6?/m1/s1. The molecule has 58 valence electrons. The Bertz CT molecular complexity index is 123.